The fraction of sp³-hybridized carbons (Fsp3) is 0.182. The van der Waals surface area contributed by atoms with E-state index < -0.39 is 10.1 Å². The molecule has 0 atom stereocenters. The molecule has 0 aliphatic carbocycles. The van der Waals surface area contributed by atoms with Crippen molar-refractivity contribution in [3.8, 4) is 5.75 Å². The lowest BCUT2D eigenvalue weighted by molar-refractivity contribution is 0.493. The van der Waals surface area contributed by atoms with Crippen LogP contribution in [0, 0.1) is 6.92 Å². The van der Waals surface area contributed by atoms with Crippen LogP contribution in [0.25, 0.3) is 10.9 Å². The van der Waals surface area contributed by atoms with Crippen molar-refractivity contribution >= 4 is 37.0 Å². The number of aryl methyl sites for hydroxylation is 1. The minimum Gasteiger partial charge on any atom is -0.383 e. The molecule has 6 heteroatoms. The van der Waals surface area contributed by atoms with Gasteiger partial charge in [-0.1, -0.05) is 0 Å². The van der Waals surface area contributed by atoms with Crippen molar-refractivity contribution in [2.45, 2.75) is 6.92 Å². The number of pyridine rings is 1. The van der Waals surface area contributed by atoms with Crippen LogP contribution in [-0.2, 0) is 10.1 Å². The first-order valence-corrected chi connectivity index (χ1v) is 7.42. The molecule has 90 valence electrons. The molecule has 1 aromatic heterocycles. The van der Waals surface area contributed by atoms with Crippen LogP contribution in [0.5, 0.6) is 5.75 Å². The Kier molecular flexibility index (Phi) is 3.09. The number of halogens is 1. The fourth-order valence-electron chi connectivity index (χ4n) is 1.57. The Bertz CT molecular complexity index is 682. The second kappa shape index (κ2) is 4.27. The summed E-state index contributed by atoms with van der Waals surface area (Å²) in [5.41, 5.74) is 1.76. The average Bonchev–Trinajstić information content (AvgIpc) is 2.13. The van der Waals surface area contributed by atoms with Gasteiger partial charge in [-0.05, 0) is 46.6 Å². The van der Waals surface area contributed by atoms with Crippen LogP contribution in [0.2, 0.25) is 0 Å². The Hall–Kier alpha value is -1.14. The van der Waals surface area contributed by atoms with Crippen LogP contribution in [-0.4, -0.2) is 19.7 Å². The summed E-state index contributed by atoms with van der Waals surface area (Å²) in [7, 11) is -3.51. The zero-order valence-electron chi connectivity index (χ0n) is 9.27. The molecule has 1 heterocycles. The zero-order chi connectivity index (χ0) is 12.6. The highest BCUT2D eigenvalue weighted by atomic mass is 79.9. The number of nitrogens with zero attached hydrogens (tertiary/aromatic N) is 1. The molecule has 0 aliphatic heterocycles. The molecule has 0 amide bonds. The van der Waals surface area contributed by atoms with Crippen LogP contribution >= 0.6 is 15.9 Å². The van der Waals surface area contributed by atoms with Crippen LogP contribution in [0.1, 0.15) is 5.56 Å². The van der Waals surface area contributed by atoms with E-state index in [-0.39, 0.29) is 5.75 Å². The van der Waals surface area contributed by atoms with Crippen molar-refractivity contribution in [3.63, 3.8) is 0 Å². The second-order valence-electron chi connectivity index (χ2n) is 3.73. The third-order valence-electron chi connectivity index (χ3n) is 2.20. The van der Waals surface area contributed by atoms with Crippen LogP contribution in [0.3, 0.4) is 0 Å². The van der Waals surface area contributed by atoms with Gasteiger partial charge in [-0.2, -0.15) is 8.42 Å². The van der Waals surface area contributed by atoms with Crippen molar-refractivity contribution in [1.29, 1.82) is 0 Å². The molecule has 0 fully saturated rings. The molecule has 0 N–H and O–H groups in total. The van der Waals surface area contributed by atoms with E-state index in [1.54, 1.807) is 18.2 Å². The topological polar surface area (TPSA) is 56.3 Å². The molecule has 1 aromatic carbocycles. The first kappa shape index (κ1) is 12.3. The smallest absolute Gasteiger partial charge is 0.306 e. The molecule has 0 radical (unpaired) electrons. The van der Waals surface area contributed by atoms with Gasteiger partial charge in [-0.25, -0.2) is 4.98 Å². The Morgan fingerprint density at radius 2 is 2.00 bits per heavy atom. The van der Waals surface area contributed by atoms with Crippen molar-refractivity contribution in [3.05, 3.63) is 34.4 Å². The van der Waals surface area contributed by atoms with Gasteiger partial charge < -0.3 is 4.18 Å². The third kappa shape index (κ3) is 2.95. The summed E-state index contributed by atoms with van der Waals surface area (Å²) < 4.78 is 27.6. The Balaban J connectivity index is 2.58. The number of hydrogen-bond acceptors (Lipinski definition) is 4. The van der Waals surface area contributed by atoms with Gasteiger partial charge in [-0.3, -0.25) is 0 Å². The Labute approximate surface area is 108 Å². The molecular formula is C11H10BrNO3S. The largest absolute Gasteiger partial charge is 0.383 e. The molecule has 0 saturated heterocycles. The van der Waals surface area contributed by atoms with Crippen molar-refractivity contribution in [2.24, 2.45) is 0 Å². The Morgan fingerprint density at radius 1 is 1.29 bits per heavy atom. The molecule has 2 rings (SSSR count). The van der Waals surface area contributed by atoms with Gasteiger partial charge >= 0.3 is 10.1 Å². The van der Waals surface area contributed by atoms with Crippen LogP contribution in [0.15, 0.2) is 28.9 Å². The lowest BCUT2D eigenvalue weighted by Gasteiger charge is -2.06. The van der Waals surface area contributed by atoms with Crippen LogP contribution in [0.4, 0.5) is 0 Å². The Morgan fingerprint density at radius 3 is 2.65 bits per heavy atom. The molecule has 0 bridgehead atoms. The van der Waals surface area contributed by atoms with Crippen molar-refractivity contribution in [1.82, 2.24) is 4.98 Å². The highest BCUT2D eigenvalue weighted by molar-refractivity contribution is 9.10. The van der Waals surface area contributed by atoms with E-state index in [4.69, 9.17) is 4.18 Å². The summed E-state index contributed by atoms with van der Waals surface area (Å²) in [6.07, 6.45) is 1.01. The van der Waals surface area contributed by atoms with Gasteiger partial charge in [0.15, 0.2) is 0 Å². The van der Waals surface area contributed by atoms with Gasteiger partial charge in [0.05, 0.1) is 11.8 Å². The maximum Gasteiger partial charge on any atom is 0.306 e. The standard InChI is InChI=1S/C11H10BrNO3S/c1-7-5-11(12)13-10-6-8(3-4-9(7)10)16-17(2,14)15/h3-6H,1-2H3. The highest BCUT2D eigenvalue weighted by Crippen LogP contribution is 2.25. The summed E-state index contributed by atoms with van der Waals surface area (Å²) in [6.45, 7) is 1.96. The maximum atomic E-state index is 11.0. The van der Waals surface area contributed by atoms with Crippen molar-refractivity contribution in [2.75, 3.05) is 6.26 Å². The molecule has 0 unspecified atom stereocenters. The first-order chi connectivity index (χ1) is 7.85. The zero-order valence-corrected chi connectivity index (χ0v) is 11.7. The molecule has 0 saturated carbocycles. The molecule has 17 heavy (non-hydrogen) atoms. The predicted molar refractivity (Wildman–Crippen MR) is 69.7 cm³/mol. The van der Waals surface area contributed by atoms with E-state index in [9.17, 15) is 8.42 Å². The van der Waals surface area contributed by atoms with Gasteiger partial charge in [0.2, 0.25) is 0 Å². The van der Waals surface area contributed by atoms with E-state index in [1.165, 1.54) is 0 Å². The number of hydrogen-bond donors (Lipinski definition) is 0. The summed E-state index contributed by atoms with van der Waals surface area (Å²) in [6, 6.07) is 6.92. The maximum absolute atomic E-state index is 11.0. The fourth-order valence-corrected chi connectivity index (χ4v) is 2.56. The average molecular weight is 316 g/mol. The SMILES string of the molecule is Cc1cc(Br)nc2cc(OS(C)(=O)=O)ccc12. The monoisotopic (exact) mass is 315 g/mol. The minimum atomic E-state index is -3.51. The summed E-state index contributed by atoms with van der Waals surface area (Å²) in [4.78, 5) is 4.27. The number of aromatic nitrogens is 1. The summed E-state index contributed by atoms with van der Waals surface area (Å²) in [5.74, 6) is 0.269. The van der Waals surface area contributed by atoms with E-state index in [2.05, 4.69) is 20.9 Å². The first-order valence-electron chi connectivity index (χ1n) is 4.81. The van der Waals surface area contributed by atoms with E-state index in [1.807, 2.05) is 13.0 Å². The van der Waals surface area contributed by atoms with Crippen molar-refractivity contribution < 1.29 is 12.6 Å². The molecule has 2 aromatic rings. The van der Waals surface area contributed by atoms with E-state index in [0.29, 0.717) is 10.1 Å². The molecule has 4 nitrogen and oxygen atoms in total. The lowest BCUT2D eigenvalue weighted by Crippen LogP contribution is -2.05. The molecular weight excluding hydrogens is 306 g/mol. The quantitative estimate of drug-likeness (QED) is 0.631. The third-order valence-corrected chi connectivity index (χ3v) is 3.11. The van der Waals surface area contributed by atoms with Crippen LogP contribution < -0.4 is 4.18 Å². The van der Waals surface area contributed by atoms with E-state index in [0.717, 1.165) is 17.2 Å². The van der Waals surface area contributed by atoms with Gasteiger partial charge in [0.1, 0.15) is 10.4 Å². The second-order valence-corrected chi connectivity index (χ2v) is 6.12. The van der Waals surface area contributed by atoms with E-state index >= 15 is 0 Å². The summed E-state index contributed by atoms with van der Waals surface area (Å²) >= 11 is 3.30. The van der Waals surface area contributed by atoms with Gasteiger partial charge in [-0.15, -0.1) is 0 Å². The molecule has 0 spiro atoms. The molecule has 0 aliphatic rings. The predicted octanol–water partition coefficient (Wildman–Crippen LogP) is 2.64. The number of fused-ring (bicyclic) bond motifs is 1. The number of benzene rings is 1. The summed E-state index contributed by atoms with van der Waals surface area (Å²) in [5, 5.41) is 0.967. The highest BCUT2D eigenvalue weighted by Gasteiger charge is 2.07. The van der Waals surface area contributed by atoms with Gasteiger partial charge in [0, 0.05) is 11.5 Å². The number of rotatable bonds is 2. The van der Waals surface area contributed by atoms with Gasteiger partial charge in [0.25, 0.3) is 0 Å². The minimum absolute atomic E-state index is 0.269. The normalized spacial score (nSPS) is 11.7. The lowest BCUT2D eigenvalue weighted by atomic mass is 10.1.